The Hall–Kier alpha value is -2.66. The minimum atomic E-state index is -0.844. The van der Waals surface area contributed by atoms with Gasteiger partial charge in [0.05, 0.1) is 25.0 Å². The second-order valence-corrected chi connectivity index (χ2v) is 7.20. The van der Waals surface area contributed by atoms with E-state index in [9.17, 15) is 14.7 Å². The third-order valence-electron chi connectivity index (χ3n) is 5.81. The second-order valence-electron chi connectivity index (χ2n) is 7.20. The Bertz CT molecular complexity index is 754. The number of hydrogen-bond acceptors (Lipinski definition) is 3. The molecule has 0 radical (unpaired) electrons. The molecule has 1 aliphatic carbocycles. The Kier molecular flexibility index (Phi) is 4.94. The molecule has 2 fully saturated rings. The SMILES string of the molecule is O=C(O)C1[C@@H](c2ccccc2)C(C(=O)N2CCOCC2)[C@@H]1c1ccccc1. The predicted molar refractivity (Wildman–Crippen MR) is 100 cm³/mol. The molecule has 140 valence electrons. The van der Waals surface area contributed by atoms with Crippen LogP contribution in [0.4, 0.5) is 0 Å². The van der Waals surface area contributed by atoms with E-state index < -0.39 is 11.9 Å². The molecule has 1 saturated carbocycles. The number of nitrogens with zero attached hydrogens (tertiary/aromatic N) is 1. The van der Waals surface area contributed by atoms with Crippen molar-refractivity contribution in [2.24, 2.45) is 11.8 Å². The molecule has 2 aromatic rings. The lowest BCUT2D eigenvalue weighted by molar-refractivity contribution is -0.158. The van der Waals surface area contributed by atoms with Crippen LogP contribution in [0.5, 0.6) is 0 Å². The van der Waals surface area contributed by atoms with Crippen LogP contribution in [0.2, 0.25) is 0 Å². The molecule has 0 bridgehead atoms. The molecule has 0 aromatic heterocycles. The predicted octanol–water partition coefficient (Wildman–Crippen LogP) is 2.74. The molecule has 5 nitrogen and oxygen atoms in total. The summed E-state index contributed by atoms with van der Waals surface area (Å²) in [6, 6.07) is 19.2. The average Bonchev–Trinajstić information content (AvgIpc) is 2.69. The lowest BCUT2D eigenvalue weighted by atomic mass is 9.52. The largest absolute Gasteiger partial charge is 0.481 e. The zero-order valence-corrected chi connectivity index (χ0v) is 15.0. The Balaban J connectivity index is 1.73. The van der Waals surface area contributed by atoms with Gasteiger partial charge in [-0.2, -0.15) is 0 Å². The Morgan fingerprint density at radius 1 is 0.815 bits per heavy atom. The van der Waals surface area contributed by atoms with Gasteiger partial charge in [-0.3, -0.25) is 9.59 Å². The maximum absolute atomic E-state index is 13.4. The lowest BCUT2D eigenvalue weighted by Crippen LogP contribution is -2.56. The van der Waals surface area contributed by atoms with Crippen LogP contribution >= 0.6 is 0 Å². The molecule has 1 N–H and O–H groups in total. The number of amides is 1. The molecule has 0 spiro atoms. The summed E-state index contributed by atoms with van der Waals surface area (Å²) < 4.78 is 5.38. The number of ether oxygens (including phenoxy) is 1. The quantitative estimate of drug-likeness (QED) is 0.905. The van der Waals surface area contributed by atoms with Crippen molar-refractivity contribution in [2.75, 3.05) is 26.3 Å². The third kappa shape index (κ3) is 3.23. The molecule has 2 aromatic carbocycles. The molecule has 1 amide bonds. The number of rotatable bonds is 4. The molecule has 27 heavy (non-hydrogen) atoms. The Morgan fingerprint density at radius 3 is 1.74 bits per heavy atom. The van der Waals surface area contributed by atoms with E-state index in [4.69, 9.17) is 4.74 Å². The first-order chi connectivity index (χ1) is 13.2. The van der Waals surface area contributed by atoms with Crippen molar-refractivity contribution in [1.29, 1.82) is 0 Å². The van der Waals surface area contributed by atoms with E-state index in [1.54, 1.807) is 0 Å². The standard InChI is InChI=1S/C22H23NO4/c24-21(23-11-13-27-14-12-23)19-17(15-7-3-1-4-8-15)20(22(25)26)18(19)16-9-5-2-6-10-16/h1-10,17-20H,11-14H2,(H,25,26)/t17-,18-,19?,20?/m0/s1. The molecule has 1 heterocycles. The highest BCUT2D eigenvalue weighted by Gasteiger charge is 2.59. The van der Waals surface area contributed by atoms with Gasteiger partial charge in [0.15, 0.2) is 0 Å². The molecular weight excluding hydrogens is 342 g/mol. The average molecular weight is 365 g/mol. The van der Waals surface area contributed by atoms with Gasteiger partial charge in [-0.05, 0) is 11.1 Å². The van der Waals surface area contributed by atoms with Crippen LogP contribution in [0.1, 0.15) is 23.0 Å². The van der Waals surface area contributed by atoms with E-state index >= 15 is 0 Å². The van der Waals surface area contributed by atoms with E-state index in [0.717, 1.165) is 11.1 Å². The Morgan fingerprint density at radius 2 is 1.30 bits per heavy atom. The van der Waals surface area contributed by atoms with Crippen LogP contribution in [0.15, 0.2) is 60.7 Å². The molecule has 5 heteroatoms. The number of aliphatic carboxylic acids is 1. The fraction of sp³-hybridized carbons (Fsp3) is 0.364. The van der Waals surface area contributed by atoms with Gasteiger partial charge in [0.1, 0.15) is 0 Å². The zero-order valence-electron chi connectivity index (χ0n) is 15.0. The number of hydrogen-bond donors (Lipinski definition) is 1. The first-order valence-corrected chi connectivity index (χ1v) is 9.37. The summed E-state index contributed by atoms with van der Waals surface area (Å²) in [7, 11) is 0. The fourth-order valence-electron chi connectivity index (χ4n) is 4.54. The number of carbonyl (C=O) groups excluding carboxylic acids is 1. The van der Waals surface area contributed by atoms with Crippen molar-refractivity contribution in [1.82, 2.24) is 4.90 Å². The van der Waals surface area contributed by atoms with Crippen molar-refractivity contribution >= 4 is 11.9 Å². The normalized spacial score (nSPS) is 27.6. The van der Waals surface area contributed by atoms with Crippen molar-refractivity contribution in [2.45, 2.75) is 11.8 Å². The van der Waals surface area contributed by atoms with Gasteiger partial charge in [0.2, 0.25) is 5.91 Å². The maximum atomic E-state index is 13.4. The molecule has 1 aliphatic heterocycles. The van der Waals surface area contributed by atoms with Crippen LogP contribution in [0.3, 0.4) is 0 Å². The van der Waals surface area contributed by atoms with Crippen molar-refractivity contribution < 1.29 is 19.4 Å². The molecular formula is C22H23NO4. The van der Waals surface area contributed by atoms with Crippen LogP contribution in [-0.2, 0) is 14.3 Å². The lowest BCUT2D eigenvalue weighted by Gasteiger charge is -2.51. The summed E-state index contributed by atoms with van der Waals surface area (Å²) in [5.74, 6) is -2.41. The zero-order chi connectivity index (χ0) is 18.8. The molecule has 2 atom stereocenters. The van der Waals surface area contributed by atoms with Crippen molar-refractivity contribution in [3.63, 3.8) is 0 Å². The summed E-state index contributed by atoms with van der Waals surface area (Å²) in [6.45, 7) is 2.20. The smallest absolute Gasteiger partial charge is 0.307 e. The van der Waals surface area contributed by atoms with Gasteiger partial charge < -0.3 is 14.7 Å². The molecule has 4 rings (SSSR count). The second kappa shape index (κ2) is 7.53. The summed E-state index contributed by atoms with van der Waals surface area (Å²) in [6.07, 6.45) is 0. The summed E-state index contributed by atoms with van der Waals surface area (Å²) in [4.78, 5) is 27.4. The number of morpholine rings is 1. The van der Waals surface area contributed by atoms with Crippen molar-refractivity contribution in [3.8, 4) is 0 Å². The minimum absolute atomic E-state index is 0.0403. The summed E-state index contributed by atoms with van der Waals surface area (Å²) >= 11 is 0. The van der Waals surface area contributed by atoms with Crippen molar-refractivity contribution in [3.05, 3.63) is 71.8 Å². The van der Waals surface area contributed by atoms with Crippen LogP contribution in [0, 0.1) is 11.8 Å². The van der Waals surface area contributed by atoms with E-state index in [1.807, 2.05) is 65.6 Å². The van der Waals surface area contributed by atoms with E-state index in [-0.39, 0.29) is 23.7 Å². The minimum Gasteiger partial charge on any atom is -0.481 e. The van der Waals surface area contributed by atoms with Gasteiger partial charge in [0, 0.05) is 24.9 Å². The Labute approximate surface area is 158 Å². The first-order valence-electron chi connectivity index (χ1n) is 9.37. The van der Waals surface area contributed by atoms with Crippen LogP contribution in [-0.4, -0.2) is 48.2 Å². The highest BCUT2D eigenvalue weighted by molar-refractivity contribution is 5.87. The van der Waals surface area contributed by atoms with Gasteiger partial charge in [-0.25, -0.2) is 0 Å². The number of benzene rings is 2. The van der Waals surface area contributed by atoms with Gasteiger partial charge in [-0.15, -0.1) is 0 Å². The number of carbonyl (C=O) groups is 2. The monoisotopic (exact) mass is 365 g/mol. The topological polar surface area (TPSA) is 66.8 Å². The van der Waals surface area contributed by atoms with E-state index in [1.165, 1.54) is 0 Å². The molecule has 1 saturated heterocycles. The molecule has 2 aliphatic rings. The van der Waals surface area contributed by atoms with E-state index in [2.05, 4.69) is 0 Å². The molecule has 0 unspecified atom stereocenters. The first kappa shape index (κ1) is 17.7. The van der Waals surface area contributed by atoms with Crippen LogP contribution < -0.4 is 0 Å². The number of carboxylic acids is 1. The highest BCUT2D eigenvalue weighted by atomic mass is 16.5. The van der Waals surface area contributed by atoms with Crippen LogP contribution in [0.25, 0.3) is 0 Å². The van der Waals surface area contributed by atoms with Gasteiger partial charge in [-0.1, -0.05) is 60.7 Å². The third-order valence-corrected chi connectivity index (χ3v) is 5.81. The van der Waals surface area contributed by atoms with Gasteiger partial charge >= 0.3 is 5.97 Å². The van der Waals surface area contributed by atoms with E-state index in [0.29, 0.717) is 26.3 Å². The maximum Gasteiger partial charge on any atom is 0.307 e. The summed E-state index contributed by atoms with van der Waals surface area (Å²) in [5.41, 5.74) is 1.84. The number of carboxylic acid groups (broad SMARTS) is 1. The summed E-state index contributed by atoms with van der Waals surface area (Å²) in [5, 5.41) is 9.96. The van der Waals surface area contributed by atoms with Gasteiger partial charge in [0.25, 0.3) is 0 Å². The highest BCUT2D eigenvalue weighted by Crippen LogP contribution is 2.58. The fourth-order valence-corrected chi connectivity index (χ4v) is 4.54.